The molecule has 0 spiro atoms. The van der Waals surface area contributed by atoms with Gasteiger partial charge in [-0.2, -0.15) is 4.39 Å². The Labute approximate surface area is 163 Å². The summed E-state index contributed by atoms with van der Waals surface area (Å²) in [6, 6.07) is 19.0. The lowest BCUT2D eigenvalue weighted by Gasteiger charge is -2.31. The van der Waals surface area contributed by atoms with Gasteiger partial charge in [-0.15, -0.1) is 0 Å². The van der Waals surface area contributed by atoms with Crippen LogP contribution < -0.4 is 14.2 Å². The first-order valence-corrected chi connectivity index (χ1v) is 8.69. The molecule has 0 amide bonds. The molecule has 0 bridgehead atoms. The number of benzene rings is 3. The van der Waals surface area contributed by atoms with E-state index in [1.165, 1.54) is 0 Å². The van der Waals surface area contributed by atoms with Crippen molar-refractivity contribution >= 4 is 6.04 Å². The summed E-state index contributed by atoms with van der Waals surface area (Å²) >= 11 is 0. The van der Waals surface area contributed by atoms with Crippen LogP contribution in [0.3, 0.4) is 0 Å². The summed E-state index contributed by atoms with van der Waals surface area (Å²) in [4.78, 5) is 12.6. The molecule has 0 unspecified atom stereocenters. The summed E-state index contributed by atoms with van der Waals surface area (Å²) in [6.45, 7) is 0. The lowest BCUT2D eigenvalue weighted by atomic mass is 9.70. The maximum Gasteiger partial charge on any atom is 0.320 e. The molecule has 28 heavy (non-hydrogen) atoms. The number of carbonyl (C=O) groups excluding carboxylic acids is 1. The van der Waals surface area contributed by atoms with Gasteiger partial charge in [-0.1, -0.05) is 36.4 Å². The molecule has 0 heterocycles. The first-order chi connectivity index (χ1) is 13.6. The Hall–Kier alpha value is -3.34. The quantitative estimate of drug-likeness (QED) is 0.446. The van der Waals surface area contributed by atoms with Crippen LogP contribution >= 0.6 is 0 Å². The smallest absolute Gasteiger partial charge is 0.320 e. The SMILES string of the molecule is COc1ccc(C(C(=O)F)(c2ccc(OC)cc2)c2ccc(OC)cc2)cc1. The molecule has 3 rings (SSSR count). The van der Waals surface area contributed by atoms with Gasteiger partial charge in [0.15, 0.2) is 0 Å². The van der Waals surface area contributed by atoms with Crippen LogP contribution in [0, 0.1) is 0 Å². The van der Waals surface area contributed by atoms with Crippen molar-refractivity contribution in [2.24, 2.45) is 0 Å². The zero-order valence-corrected chi connectivity index (χ0v) is 15.9. The van der Waals surface area contributed by atoms with Crippen molar-refractivity contribution in [1.29, 1.82) is 0 Å². The van der Waals surface area contributed by atoms with E-state index in [9.17, 15) is 9.18 Å². The van der Waals surface area contributed by atoms with Crippen LogP contribution in [0.1, 0.15) is 16.7 Å². The maximum atomic E-state index is 14.9. The Morgan fingerprint density at radius 2 is 0.857 bits per heavy atom. The molecule has 0 aromatic heterocycles. The minimum Gasteiger partial charge on any atom is -0.497 e. The van der Waals surface area contributed by atoms with Gasteiger partial charge < -0.3 is 14.2 Å². The van der Waals surface area contributed by atoms with Crippen LogP contribution in [0.25, 0.3) is 0 Å². The van der Waals surface area contributed by atoms with Crippen LogP contribution in [-0.2, 0) is 10.2 Å². The Morgan fingerprint density at radius 3 is 1.04 bits per heavy atom. The molecule has 0 aliphatic carbocycles. The molecule has 0 saturated carbocycles. The van der Waals surface area contributed by atoms with E-state index >= 15 is 0 Å². The lowest BCUT2D eigenvalue weighted by Crippen LogP contribution is -2.36. The second-order valence-corrected chi connectivity index (χ2v) is 6.21. The lowest BCUT2D eigenvalue weighted by molar-refractivity contribution is -0.132. The van der Waals surface area contributed by atoms with Gasteiger partial charge in [-0.05, 0) is 53.1 Å². The van der Waals surface area contributed by atoms with E-state index in [0.29, 0.717) is 33.9 Å². The first-order valence-electron chi connectivity index (χ1n) is 8.69. The molecular weight excluding hydrogens is 359 g/mol. The molecule has 0 N–H and O–H groups in total. The average molecular weight is 380 g/mol. The van der Waals surface area contributed by atoms with E-state index in [1.807, 2.05) is 0 Å². The van der Waals surface area contributed by atoms with Crippen LogP contribution in [-0.4, -0.2) is 27.4 Å². The fourth-order valence-corrected chi connectivity index (χ4v) is 3.36. The topological polar surface area (TPSA) is 44.8 Å². The van der Waals surface area contributed by atoms with Gasteiger partial charge in [-0.3, -0.25) is 4.79 Å². The predicted octanol–water partition coefficient (Wildman–Crippen LogP) is 4.54. The van der Waals surface area contributed by atoms with Gasteiger partial charge in [0.1, 0.15) is 22.7 Å². The molecule has 0 fully saturated rings. The standard InChI is InChI=1S/C23H21FO4/c1-26-19-10-4-16(5-11-19)23(22(24)25,17-6-12-20(27-2)13-7-17)18-8-14-21(28-3)15-9-18/h4-15H,1-3H3. The van der Waals surface area contributed by atoms with Gasteiger partial charge in [0.2, 0.25) is 0 Å². The fraction of sp³-hybridized carbons (Fsp3) is 0.174. The third-order valence-corrected chi connectivity index (χ3v) is 4.86. The van der Waals surface area contributed by atoms with Gasteiger partial charge in [-0.25, -0.2) is 0 Å². The molecule has 0 radical (unpaired) electrons. The highest BCUT2D eigenvalue weighted by molar-refractivity contribution is 5.91. The molecule has 5 heteroatoms. The van der Waals surface area contributed by atoms with Crippen molar-refractivity contribution in [3.8, 4) is 17.2 Å². The second kappa shape index (κ2) is 8.13. The number of carbonyl (C=O) groups is 1. The zero-order chi connectivity index (χ0) is 20.1. The first kappa shape index (κ1) is 19.4. The molecule has 144 valence electrons. The van der Waals surface area contributed by atoms with E-state index < -0.39 is 11.5 Å². The van der Waals surface area contributed by atoms with Crippen molar-refractivity contribution in [3.05, 3.63) is 89.5 Å². The number of hydrogen-bond donors (Lipinski definition) is 0. The summed E-state index contributed by atoms with van der Waals surface area (Å²) < 4.78 is 30.5. The Morgan fingerprint density at radius 1 is 0.607 bits per heavy atom. The van der Waals surface area contributed by atoms with Crippen molar-refractivity contribution in [1.82, 2.24) is 0 Å². The van der Waals surface area contributed by atoms with Gasteiger partial charge in [0.25, 0.3) is 0 Å². The second-order valence-electron chi connectivity index (χ2n) is 6.21. The van der Waals surface area contributed by atoms with E-state index in [1.54, 1.807) is 94.1 Å². The summed E-state index contributed by atoms with van der Waals surface area (Å²) in [7, 11) is 4.65. The van der Waals surface area contributed by atoms with Crippen molar-refractivity contribution in [3.63, 3.8) is 0 Å². The minimum atomic E-state index is -1.62. The van der Waals surface area contributed by atoms with Crippen LogP contribution in [0.2, 0.25) is 0 Å². The molecule has 0 aliphatic heterocycles. The molecule has 3 aromatic carbocycles. The minimum absolute atomic E-state index is 0.496. The van der Waals surface area contributed by atoms with E-state index in [4.69, 9.17) is 14.2 Å². The maximum absolute atomic E-state index is 14.9. The third-order valence-electron chi connectivity index (χ3n) is 4.86. The van der Waals surface area contributed by atoms with Crippen LogP contribution in [0.5, 0.6) is 17.2 Å². The number of rotatable bonds is 7. The van der Waals surface area contributed by atoms with Crippen molar-refractivity contribution in [2.45, 2.75) is 5.41 Å². The van der Waals surface area contributed by atoms with Crippen molar-refractivity contribution < 1.29 is 23.4 Å². The number of methoxy groups -OCH3 is 3. The highest BCUT2D eigenvalue weighted by Crippen LogP contribution is 2.42. The highest BCUT2D eigenvalue weighted by atomic mass is 19.1. The zero-order valence-electron chi connectivity index (χ0n) is 15.9. The van der Waals surface area contributed by atoms with Gasteiger partial charge in [0.05, 0.1) is 21.3 Å². The summed E-state index contributed by atoms with van der Waals surface area (Å²) in [6.07, 6.45) is 0. The highest BCUT2D eigenvalue weighted by Gasteiger charge is 2.44. The number of ether oxygens (including phenoxy) is 3. The normalized spacial score (nSPS) is 11.0. The third kappa shape index (κ3) is 3.31. The Bertz CT molecular complexity index is 816. The summed E-state index contributed by atoms with van der Waals surface area (Å²) in [5.74, 6) is 1.86. The Kier molecular flexibility index (Phi) is 5.64. The summed E-state index contributed by atoms with van der Waals surface area (Å²) in [5, 5.41) is 0. The number of hydrogen-bond acceptors (Lipinski definition) is 4. The number of halogens is 1. The van der Waals surface area contributed by atoms with Gasteiger partial charge >= 0.3 is 6.04 Å². The monoisotopic (exact) mass is 380 g/mol. The molecule has 0 aliphatic rings. The van der Waals surface area contributed by atoms with E-state index in [2.05, 4.69) is 0 Å². The van der Waals surface area contributed by atoms with E-state index in [0.717, 1.165) is 0 Å². The van der Waals surface area contributed by atoms with Crippen molar-refractivity contribution in [2.75, 3.05) is 21.3 Å². The average Bonchev–Trinajstić information content (AvgIpc) is 2.75. The van der Waals surface area contributed by atoms with E-state index in [-0.39, 0.29) is 0 Å². The van der Waals surface area contributed by atoms with Gasteiger partial charge in [0, 0.05) is 0 Å². The molecule has 0 atom stereocenters. The summed E-state index contributed by atoms with van der Waals surface area (Å²) in [5.41, 5.74) is -0.131. The molecule has 3 aromatic rings. The predicted molar refractivity (Wildman–Crippen MR) is 105 cm³/mol. The molecule has 4 nitrogen and oxygen atoms in total. The van der Waals surface area contributed by atoms with Crippen LogP contribution in [0.4, 0.5) is 4.39 Å². The fourth-order valence-electron chi connectivity index (χ4n) is 3.36. The van der Waals surface area contributed by atoms with Crippen LogP contribution in [0.15, 0.2) is 72.8 Å². The Balaban J connectivity index is 2.28. The largest absolute Gasteiger partial charge is 0.497 e. The molecular formula is C23H21FO4. The molecule has 0 saturated heterocycles.